The number of hydrogen-bond donors (Lipinski definition) is 1. The van der Waals surface area contributed by atoms with E-state index in [0.29, 0.717) is 17.2 Å². The average molecular weight is 329 g/mol. The lowest BCUT2D eigenvalue weighted by Crippen LogP contribution is -2.28. The van der Waals surface area contributed by atoms with Crippen molar-refractivity contribution < 1.29 is 19.0 Å². The number of benzene rings is 2. The fraction of sp³-hybridized carbons (Fsp3) is 0.316. The smallest absolute Gasteiger partial charge is 0.224 e. The Labute approximate surface area is 142 Å². The van der Waals surface area contributed by atoms with E-state index in [9.17, 15) is 4.79 Å². The molecule has 1 N–H and O–H groups in total. The van der Waals surface area contributed by atoms with E-state index < -0.39 is 0 Å². The molecular weight excluding hydrogens is 306 g/mol. The van der Waals surface area contributed by atoms with Crippen molar-refractivity contribution in [2.45, 2.75) is 19.4 Å². The van der Waals surface area contributed by atoms with Crippen molar-refractivity contribution in [1.29, 1.82) is 0 Å². The van der Waals surface area contributed by atoms with E-state index in [0.717, 1.165) is 11.1 Å². The molecule has 128 valence electrons. The van der Waals surface area contributed by atoms with Gasteiger partial charge < -0.3 is 19.5 Å². The molecule has 1 amide bonds. The van der Waals surface area contributed by atoms with Crippen LogP contribution in [0.5, 0.6) is 17.2 Å². The predicted octanol–water partition coefficient (Wildman–Crippen LogP) is 3.13. The minimum Gasteiger partial charge on any atom is -0.493 e. The maximum absolute atomic E-state index is 12.3. The van der Waals surface area contributed by atoms with Crippen molar-refractivity contribution in [2.24, 2.45) is 0 Å². The second-order valence-corrected chi connectivity index (χ2v) is 5.41. The molecule has 0 fully saturated rings. The molecule has 0 radical (unpaired) electrons. The van der Waals surface area contributed by atoms with Gasteiger partial charge in [-0.15, -0.1) is 0 Å². The number of carbonyl (C=O) groups excluding carboxylic acids is 1. The van der Waals surface area contributed by atoms with Crippen LogP contribution in [0.1, 0.15) is 24.1 Å². The molecule has 5 nitrogen and oxygen atoms in total. The maximum Gasteiger partial charge on any atom is 0.224 e. The second-order valence-electron chi connectivity index (χ2n) is 5.41. The molecule has 24 heavy (non-hydrogen) atoms. The Morgan fingerprint density at radius 3 is 2.08 bits per heavy atom. The number of rotatable bonds is 7. The van der Waals surface area contributed by atoms with E-state index in [1.54, 1.807) is 33.5 Å². The summed E-state index contributed by atoms with van der Waals surface area (Å²) in [5, 5.41) is 3.00. The summed E-state index contributed by atoms with van der Waals surface area (Å²) in [7, 11) is 4.66. The van der Waals surface area contributed by atoms with Gasteiger partial charge in [0.05, 0.1) is 33.8 Å². The summed E-state index contributed by atoms with van der Waals surface area (Å²) in [6.45, 7) is 1.96. The molecular formula is C19H23NO4. The molecule has 1 unspecified atom stereocenters. The quantitative estimate of drug-likeness (QED) is 0.848. The van der Waals surface area contributed by atoms with Crippen molar-refractivity contribution in [1.82, 2.24) is 5.32 Å². The zero-order valence-electron chi connectivity index (χ0n) is 14.5. The molecule has 0 saturated carbocycles. The van der Waals surface area contributed by atoms with Gasteiger partial charge in [-0.3, -0.25) is 4.79 Å². The van der Waals surface area contributed by atoms with Gasteiger partial charge in [-0.2, -0.15) is 0 Å². The third-order valence-corrected chi connectivity index (χ3v) is 3.77. The first-order chi connectivity index (χ1) is 11.6. The molecule has 0 bridgehead atoms. The Kier molecular flexibility index (Phi) is 6.07. The SMILES string of the molecule is COc1cc(CC(=O)NC(C)c2ccccc2)cc(OC)c1OC. The Morgan fingerprint density at radius 1 is 1.00 bits per heavy atom. The Hall–Kier alpha value is -2.69. The van der Waals surface area contributed by atoms with E-state index in [1.807, 2.05) is 37.3 Å². The number of amides is 1. The van der Waals surface area contributed by atoms with Gasteiger partial charge in [0.1, 0.15) is 0 Å². The van der Waals surface area contributed by atoms with Gasteiger partial charge in [-0.25, -0.2) is 0 Å². The van der Waals surface area contributed by atoms with Crippen LogP contribution in [0.2, 0.25) is 0 Å². The highest BCUT2D eigenvalue weighted by Gasteiger charge is 2.16. The Morgan fingerprint density at radius 2 is 1.58 bits per heavy atom. The van der Waals surface area contributed by atoms with Gasteiger partial charge in [-0.05, 0) is 30.2 Å². The predicted molar refractivity (Wildman–Crippen MR) is 92.8 cm³/mol. The summed E-state index contributed by atoms with van der Waals surface area (Å²) in [5.41, 5.74) is 1.86. The molecule has 5 heteroatoms. The topological polar surface area (TPSA) is 56.8 Å². The van der Waals surface area contributed by atoms with Gasteiger partial charge >= 0.3 is 0 Å². The molecule has 0 aliphatic heterocycles. The lowest BCUT2D eigenvalue weighted by atomic mass is 10.1. The zero-order chi connectivity index (χ0) is 17.5. The van der Waals surface area contributed by atoms with Crippen LogP contribution in [0.15, 0.2) is 42.5 Å². The summed E-state index contributed by atoms with van der Waals surface area (Å²) in [5.74, 6) is 1.52. The summed E-state index contributed by atoms with van der Waals surface area (Å²) < 4.78 is 15.9. The van der Waals surface area contributed by atoms with Gasteiger partial charge in [-0.1, -0.05) is 30.3 Å². The van der Waals surface area contributed by atoms with Crippen LogP contribution in [-0.2, 0) is 11.2 Å². The van der Waals surface area contributed by atoms with Crippen LogP contribution in [0.3, 0.4) is 0 Å². The van der Waals surface area contributed by atoms with E-state index in [-0.39, 0.29) is 18.4 Å². The standard InChI is InChI=1S/C19H23NO4/c1-13(15-8-6-5-7-9-15)20-18(21)12-14-10-16(22-2)19(24-4)17(11-14)23-3/h5-11,13H,12H2,1-4H3,(H,20,21). The fourth-order valence-electron chi connectivity index (χ4n) is 2.54. The van der Waals surface area contributed by atoms with Crippen LogP contribution < -0.4 is 19.5 Å². The van der Waals surface area contributed by atoms with Crippen molar-refractivity contribution >= 4 is 5.91 Å². The van der Waals surface area contributed by atoms with E-state index >= 15 is 0 Å². The molecule has 0 aromatic heterocycles. The maximum atomic E-state index is 12.3. The Bertz CT molecular complexity index is 660. The van der Waals surface area contributed by atoms with Gasteiger partial charge in [0.15, 0.2) is 11.5 Å². The average Bonchev–Trinajstić information content (AvgIpc) is 2.61. The van der Waals surface area contributed by atoms with E-state index in [4.69, 9.17) is 14.2 Å². The van der Waals surface area contributed by atoms with Crippen molar-refractivity contribution in [3.05, 3.63) is 53.6 Å². The van der Waals surface area contributed by atoms with Crippen LogP contribution >= 0.6 is 0 Å². The molecule has 0 aliphatic rings. The summed E-state index contributed by atoms with van der Waals surface area (Å²) in [6.07, 6.45) is 0.230. The van der Waals surface area contributed by atoms with Gasteiger partial charge in [0.25, 0.3) is 0 Å². The first-order valence-corrected chi connectivity index (χ1v) is 7.72. The lowest BCUT2D eigenvalue weighted by molar-refractivity contribution is -0.121. The van der Waals surface area contributed by atoms with E-state index in [2.05, 4.69) is 5.32 Å². The fourth-order valence-corrected chi connectivity index (χ4v) is 2.54. The third-order valence-electron chi connectivity index (χ3n) is 3.77. The molecule has 0 saturated heterocycles. The van der Waals surface area contributed by atoms with Crippen LogP contribution in [-0.4, -0.2) is 27.2 Å². The number of carbonyl (C=O) groups is 1. The van der Waals surface area contributed by atoms with Gasteiger partial charge in [0.2, 0.25) is 11.7 Å². The summed E-state index contributed by atoms with van der Waals surface area (Å²) in [6, 6.07) is 13.4. The first-order valence-electron chi connectivity index (χ1n) is 7.72. The summed E-state index contributed by atoms with van der Waals surface area (Å²) >= 11 is 0. The van der Waals surface area contributed by atoms with Crippen LogP contribution in [0.4, 0.5) is 0 Å². The highest BCUT2D eigenvalue weighted by atomic mass is 16.5. The highest BCUT2D eigenvalue weighted by Crippen LogP contribution is 2.38. The van der Waals surface area contributed by atoms with Crippen molar-refractivity contribution in [3.63, 3.8) is 0 Å². The number of methoxy groups -OCH3 is 3. The molecule has 2 rings (SSSR count). The normalized spacial score (nSPS) is 11.5. The third kappa shape index (κ3) is 4.19. The minimum atomic E-state index is -0.0689. The number of ether oxygens (including phenoxy) is 3. The largest absolute Gasteiger partial charge is 0.493 e. The molecule has 2 aromatic carbocycles. The zero-order valence-corrected chi connectivity index (χ0v) is 14.5. The molecule has 0 spiro atoms. The second kappa shape index (κ2) is 8.24. The first kappa shape index (κ1) is 17.7. The number of nitrogens with one attached hydrogen (secondary N) is 1. The van der Waals surface area contributed by atoms with E-state index in [1.165, 1.54) is 0 Å². The monoisotopic (exact) mass is 329 g/mol. The van der Waals surface area contributed by atoms with Gasteiger partial charge in [0, 0.05) is 0 Å². The lowest BCUT2D eigenvalue weighted by Gasteiger charge is -2.16. The summed E-state index contributed by atoms with van der Waals surface area (Å²) in [4.78, 5) is 12.3. The van der Waals surface area contributed by atoms with Crippen LogP contribution in [0.25, 0.3) is 0 Å². The molecule has 0 heterocycles. The van der Waals surface area contributed by atoms with Crippen molar-refractivity contribution in [2.75, 3.05) is 21.3 Å². The minimum absolute atomic E-state index is 0.0549. The Balaban J connectivity index is 2.11. The number of hydrogen-bond acceptors (Lipinski definition) is 4. The molecule has 1 atom stereocenters. The van der Waals surface area contributed by atoms with Crippen LogP contribution in [0, 0.1) is 0 Å². The van der Waals surface area contributed by atoms with Crippen molar-refractivity contribution in [3.8, 4) is 17.2 Å². The molecule has 0 aliphatic carbocycles. The molecule has 2 aromatic rings. The highest BCUT2D eigenvalue weighted by molar-refractivity contribution is 5.79.